The second-order valence-electron chi connectivity index (χ2n) is 4.41. The second kappa shape index (κ2) is 6.44. The van der Waals surface area contributed by atoms with Crippen molar-refractivity contribution in [1.82, 2.24) is 0 Å². The summed E-state index contributed by atoms with van der Waals surface area (Å²) in [5, 5.41) is 0. The summed E-state index contributed by atoms with van der Waals surface area (Å²) in [5.74, 6) is -0.779. The van der Waals surface area contributed by atoms with E-state index in [-0.39, 0.29) is 18.0 Å². The Balaban J connectivity index is 2.29. The first kappa shape index (κ1) is 15.8. The van der Waals surface area contributed by atoms with Crippen LogP contribution in [0, 0.1) is 5.82 Å². The molecule has 0 unspecified atom stereocenters. The highest BCUT2D eigenvalue weighted by Gasteiger charge is 2.15. The summed E-state index contributed by atoms with van der Waals surface area (Å²) in [4.78, 5) is 0. The van der Waals surface area contributed by atoms with Crippen LogP contribution in [0.25, 0.3) is 0 Å². The molecule has 0 heterocycles. The molecule has 2 rings (SSSR count). The van der Waals surface area contributed by atoms with Crippen LogP contribution in [0.2, 0.25) is 0 Å². The van der Waals surface area contributed by atoms with Gasteiger partial charge in [0.15, 0.2) is 11.6 Å². The van der Waals surface area contributed by atoms with Crippen LogP contribution in [-0.4, -0.2) is 14.7 Å². The minimum atomic E-state index is -3.53. The van der Waals surface area contributed by atoms with E-state index in [2.05, 4.69) is 20.7 Å². The molecule has 112 valence electrons. The topological polar surface area (TPSA) is 55.4 Å². The summed E-state index contributed by atoms with van der Waals surface area (Å²) in [6.45, 7) is 0.137. The van der Waals surface area contributed by atoms with Gasteiger partial charge in [-0.3, -0.25) is 4.72 Å². The first-order chi connectivity index (χ1) is 9.85. The highest BCUT2D eigenvalue weighted by atomic mass is 79.9. The van der Waals surface area contributed by atoms with Crippen LogP contribution in [0.15, 0.2) is 46.9 Å². The molecule has 0 aliphatic heterocycles. The van der Waals surface area contributed by atoms with E-state index >= 15 is 0 Å². The molecule has 0 aromatic heterocycles. The quantitative estimate of drug-likeness (QED) is 0.871. The molecule has 0 spiro atoms. The lowest BCUT2D eigenvalue weighted by atomic mass is 10.2. The van der Waals surface area contributed by atoms with Crippen molar-refractivity contribution in [2.24, 2.45) is 0 Å². The molecule has 0 bridgehead atoms. The summed E-state index contributed by atoms with van der Waals surface area (Å²) >= 11 is 3.12. The highest BCUT2D eigenvalue weighted by molar-refractivity contribution is 9.10. The van der Waals surface area contributed by atoms with Gasteiger partial charge < -0.3 is 4.74 Å². The Bertz CT molecular complexity index is 735. The Hall–Kier alpha value is -1.60. The summed E-state index contributed by atoms with van der Waals surface area (Å²) in [6.07, 6.45) is 0.993. The number of benzene rings is 2. The van der Waals surface area contributed by atoms with Crippen molar-refractivity contribution < 1.29 is 17.5 Å². The lowest BCUT2D eigenvalue weighted by molar-refractivity contribution is 0.292. The fourth-order valence-corrected chi connectivity index (χ4v) is 2.69. The first-order valence-corrected chi connectivity index (χ1v) is 8.67. The monoisotopic (exact) mass is 373 g/mol. The van der Waals surface area contributed by atoms with Gasteiger partial charge >= 0.3 is 0 Å². The van der Waals surface area contributed by atoms with Gasteiger partial charge in [-0.1, -0.05) is 46.3 Å². The molecule has 1 N–H and O–H groups in total. The third-order valence-electron chi connectivity index (χ3n) is 2.53. The van der Waals surface area contributed by atoms with Gasteiger partial charge in [0.05, 0.1) is 11.9 Å². The molecular formula is C14H13BrFNO3S. The third kappa shape index (κ3) is 4.71. The van der Waals surface area contributed by atoms with E-state index in [9.17, 15) is 12.8 Å². The van der Waals surface area contributed by atoms with Crippen molar-refractivity contribution in [3.05, 3.63) is 58.3 Å². The average Bonchev–Trinajstić information content (AvgIpc) is 2.36. The Labute approximate surface area is 131 Å². The average molecular weight is 374 g/mol. The van der Waals surface area contributed by atoms with E-state index in [4.69, 9.17) is 4.74 Å². The normalized spacial score (nSPS) is 11.2. The molecule has 0 aliphatic carbocycles. The molecule has 7 heteroatoms. The minimum Gasteiger partial charge on any atom is -0.484 e. The smallest absolute Gasteiger partial charge is 0.229 e. The molecule has 0 atom stereocenters. The van der Waals surface area contributed by atoms with Gasteiger partial charge in [-0.15, -0.1) is 0 Å². The standard InChI is InChI=1S/C14H13BrFNO3S/c1-21(18,19)17-13-8-11(15)7-12(16)14(13)20-9-10-5-3-2-4-6-10/h2-8,17H,9H2,1H3. The van der Waals surface area contributed by atoms with E-state index in [0.717, 1.165) is 11.8 Å². The van der Waals surface area contributed by atoms with E-state index in [0.29, 0.717) is 4.47 Å². The third-order valence-corrected chi connectivity index (χ3v) is 3.58. The van der Waals surface area contributed by atoms with Crippen LogP contribution in [0.4, 0.5) is 10.1 Å². The number of nitrogens with one attached hydrogen (secondary N) is 1. The largest absolute Gasteiger partial charge is 0.484 e. The van der Waals surface area contributed by atoms with Crippen LogP contribution in [0.5, 0.6) is 5.75 Å². The maximum atomic E-state index is 14.0. The van der Waals surface area contributed by atoms with E-state index in [1.807, 2.05) is 30.3 Å². The van der Waals surface area contributed by atoms with Gasteiger partial charge in [0.25, 0.3) is 0 Å². The summed E-state index contributed by atoms with van der Waals surface area (Å²) in [7, 11) is -3.53. The van der Waals surface area contributed by atoms with Crippen LogP contribution < -0.4 is 9.46 Å². The zero-order valence-electron chi connectivity index (χ0n) is 11.1. The van der Waals surface area contributed by atoms with E-state index in [1.165, 1.54) is 12.1 Å². The van der Waals surface area contributed by atoms with Gasteiger partial charge in [-0.05, 0) is 17.7 Å². The fraction of sp³-hybridized carbons (Fsp3) is 0.143. The van der Waals surface area contributed by atoms with E-state index < -0.39 is 15.8 Å². The lowest BCUT2D eigenvalue weighted by Gasteiger charge is -2.14. The number of hydrogen-bond acceptors (Lipinski definition) is 3. The number of hydrogen-bond donors (Lipinski definition) is 1. The second-order valence-corrected chi connectivity index (χ2v) is 7.08. The maximum absolute atomic E-state index is 14.0. The van der Waals surface area contributed by atoms with Gasteiger partial charge in [-0.2, -0.15) is 0 Å². The van der Waals surface area contributed by atoms with Crippen LogP contribution in [0.3, 0.4) is 0 Å². The Morgan fingerprint density at radius 1 is 1.24 bits per heavy atom. The highest BCUT2D eigenvalue weighted by Crippen LogP contribution is 2.33. The zero-order chi connectivity index (χ0) is 15.5. The Kier molecular flexibility index (Phi) is 4.84. The molecule has 0 fully saturated rings. The first-order valence-electron chi connectivity index (χ1n) is 5.99. The van der Waals surface area contributed by atoms with Crippen molar-refractivity contribution in [3.8, 4) is 5.75 Å². The zero-order valence-corrected chi connectivity index (χ0v) is 13.5. The number of sulfonamides is 1. The van der Waals surface area contributed by atoms with Crippen molar-refractivity contribution in [1.29, 1.82) is 0 Å². The fourth-order valence-electron chi connectivity index (χ4n) is 1.71. The molecule has 21 heavy (non-hydrogen) atoms. The predicted octanol–water partition coefficient (Wildman–Crippen LogP) is 3.54. The maximum Gasteiger partial charge on any atom is 0.229 e. The number of halogens is 2. The molecule has 4 nitrogen and oxygen atoms in total. The molecule has 0 amide bonds. The molecule has 0 aliphatic rings. The predicted molar refractivity (Wildman–Crippen MR) is 83.3 cm³/mol. The molecular weight excluding hydrogens is 361 g/mol. The summed E-state index contributed by atoms with van der Waals surface area (Å²) in [6, 6.07) is 11.9. The van der Waals surface area contributed by atoms with Crippen LogP contribution in [0.1, 0.15) is 5.56 Å². The van der Waals surface area contributed by atoms with Crippen LogP contribution >= 0.6 is 15.9 Å². The van der Waals surface area contributed by atoms with Crippen molar-refractivity contribution in [3.63, 3.8) is 0 Å². The molecule has 0 saturated carbocycles. The summed E-state index contributed by atoms with van der Waals surface area (Å²) in [5.41, 5.74) is 0.908. The SMILES string of the molecule is CS(=O)(=O)Nc1cc(Br)cc(F)c1OCc1ccccc1. The Morgan fingerprint density at radius 3 is 2.52 bits per heavy atom. The number of ether oxygens (including phenoxy) is 1. The van der Waals surface area contributed by atoms with Crippen molar-refractivity contribution >= 4 is 31.6 Å². The molecule has 2 aromatic carbocycles. The number of rotatable bonds is 5. The molecule has 0 radical (unpaired) electrons. The van der Waals surface area contributed by atoms with Crippen LogP contribution in [-0.2, 0) is 16.6 Å². The molecule has 2 aromatic rings. The van der Waals surface area contributed by atoms with Gasteiger partial charge in [0.1, 0.15) is 6.61 Å². The van der Waals surface area contributed by atoms with E-state index in [1.54, 1.807) is 0 Å². The van der Waals surface area contributed by atoms with Crippen molar-refractivity contribution in [2.45, 2.75) is 6.61 Å². The summed E-state index contributed by atoms with van der Waals surface area (Å²) < 4.78 is 44.8. The lowest BCUT2D eigenvalue weighted by Crippen LogP contribution is -2.11. The number of anilines is 1. The van der Waals surface area contributed by atoms with Gasteiger partial charge in [-0.25, -0.2) is 12.8 Å². The van der Waals surface area contributed by atoms with Gasteiger partial charge in [0.2, 0.25) is 10.0 Å². The van der Waals surface area contributed by atoms with Gasteiger partial charge in [0, 0.05) is 4.47 Å². The molecule has 0 saturated heterocycles. The minimum absolute atomic E-state index is 0.0558. The Morgan fingerprint density at radius 2 is 1.90 bits per heavy atom. The van der Waals surface area contributed by atoms with Crippen molar-refractivity contribution in [2.75, 3.05) is 11.0 Å².